The topological polar surface area (TPSA) is 61.7 Å². The van der Waals surface area contributed by atoms with E-state index >= 15 is 0 Å². The predicted octanol–water partition coefficient (Wildman–Crippen LogP) is 2.04. The van der Waals surface area contributed by atoms with E-state index in [2.05, 4.69) is 10.5 Å². The third-order valence-electron chi connectivity index (χ3n) is 2.96. The van der Waals surface area contributed by atoms with Crippen molar-refractivity contribution in [2.45, 2.75) is 12.5 Å². The number of amides is 1. The maximum atomic E-state index is 12.0. The lowest BCUT2D eigenvalue weighted by Crippen LogP contribution is -2.40. The number of benzene rings is 2. The highest BCUT2D eigenvalue weighted by molar-refractivity contribution is 5.87. The van der Waals surface area contributed by atoms with Crippen LogP contribution in [0.1, 0.15) is 18.1 Å². The third kappa shape index (κ3) is 3.30. The Balaban J connectivity index is 2.03. The Labute approximate surface area is 117 Å². The molecule has 0 fully saturated rings. The fourth-order valence-electron chi connectivity index (χ4n) is 1.71. The zero-order chi connectivity index (χ0) is 14.4. The summed E-state index contributed by atoms with van der Waals surface area (Å²) in [6.07, 6.45) is 1.53. The Kier molecular flexibility index (Phi) is 4.27. The second-order valence-corrected chi connectivity index (χ2v) is 4.55. The molecular formula is C16H16N2O2. The van der Waals surface area contributed by atoms with Crippen LogP contribution in [0.3, 0.4) is 0 Å². The number of hydrogen-bond donors (Lipinski definition) is 2. The second kappa shape index (κ2) is 6.12. The Morgan fingerprint density at radius 3 is 2.25 bits per heavy atom. The minimum Gasteiger partial charge on any atom is -0.375 e. The van der Waals surface area contributed by atoms with Crippen LogP contribution in [0.25, 0.3) is 0 Å². The average molecular weight is 268 g/mol. The molecule has 0 saturated carbocycles. The summed E-state index contributed by atoms with van der Waals surface area (Å²) in [6.45, 7) is 1.44. The summed E-state index contributed by atoms with van der Waals surface area (Å²) in [5, 5.41) is 14.1. The summed E-state index contributed by atoms with van der Waals surface area (Å²) >= 11 is 0. The molecule has 1 amide bonds. The SMILES string of the molecule is C[C@@](O)(C(=O)N/N=C\c1ccccc1)c1ccccc1. The number of rotatable bonds is 4. The van der Waals surface area contributed by atoms with Gasteiger partial charge in [-0.3, -0.25) is 4.79 Å². The lowest BCUT2D eigenvalue weighted by atomic mass is 9.95. The van der Waals surface area contributed by atoms with E-state index in [4.69, 9.17) is 0 Å². The summed E-state index contributed by atoms with van der Waals surface area (Å²) in [4.78, 5) is 12.0. The molecule has 0 bridgehead atoms. The van der Waals surface area contributed by atoms with E-state index in [1.165, 1.54) is 13.1 Å². The van der Waals surface area contributed by atoms with Gasteiger partial charge in [-0.1, -0.05) is 60.7 Å². The van der Waals surface area contributed by atoms with Crippen molar-refractivity contribution in [3.05, 3.63) is 71.8 Å². The molecule has 0 aliphatic carbocycles. The minimum atomic E-state index is -1.62. The van der Waals surface area contributed by atoms with Gasteiger partial charge in [0.2, 0.25) is 0 Å². The highest BCUT2D eigenvalue weighted by Crippen LogP contribution is 2.20. The monoisotopic (exact) mass is 268 g/mol. The van der Waals surface area contributed by atoms with Crippen LogP contribution < -0.4 is 5.43 Å². The lowest BCUT2D eigenvalue weighted by molar-refractivity contribution is -0.138. The zero-order valence-electron chi connectivity index (χ0n) is 11.2. The van der Waals surface area contributed by atoms with E-state index in [0.717, 1.165) is 5.56 Å². The van der Waals surface area contributed by atoms with Gasteiger partial charge in [0.1, 0.15) is 0 Å². The van der Waals surface area contributed by atoms with E-state index < -0.39 is 11.5 Å². The fraction of sp³-hybridized carbons (Fsp3) is 0.125. The molecule has 2 rings (SSSR count). The number of aliphatic hydroxyl groups is 1. The molecule has 4 heteroatoms. The van der Waals surface area contributed by atoms with Crippen molar-refractivity contribution in [1.82, 2.24) is 5.43 Å². The molecule has 1 atom stereocenters. The smallest absolute Gasteiger partial charge is 0.276 e. The van der Waals surface area contributed by atoms with Crippen molar-refractivity contribution < 1.29 is 9.90 Å². The Bertz CT molecular complexity index is 592. The molecule has 2 aromatic carbocycles. The van der Waals surface area contributed by atoms with Crippen LogP contribution >= 0.6 is 0 Å². The molecule has 20 heavy (non-hydrogen) atoms. The molecule has 0 aliphatic rings. The highest BCUT2D eigenvalue weighted by atomic mass is 16.3. The molecule has 2 N–H and O–H groups in total. The van der Waals surface area contributed by atoms with Gasteiger partial charge in [0, 0.05) is 0 Å². The van der Waals surface area contributed by atoms with Gasteiger partial charge in [-0.05, 0) is 18.1 Å². The number of carbonyl (C=O) groups is 1. The van der Waals surface area contributed by atoms with Gasteiger partial charge in [-0.15, -0.1) is 0 Å². The first-order valence-corrected chi connectivity index (χ1v) is 6.27. The largest absolute Gasteiger partial charge is 0.375 e. The van der Waals surface area contributed by atoms with Gasteiger partial charge in [0.15, 0.2) is 5.60 Å². The van der Waals surface area contributed by atoms with Crippen LogP contribution in [-0.4, -0.2) is 17.2 Å². The van der Waals surface area contributed by atoms with Crippen LogP contribution in [0, 0.1) is 0 Å². The van der Waals surface area contributed by atoms with Crippen molar-refractivity contribution in [2.24, 2.45) is 5.10 Å². The number of nitrogens with one attached hydrogen (secondary N) is 1. The first-order valence-electron chi connectivity index (χ1n) is 6.27. The van der Waals surface area contributed by atoms with Crippen LogP contribution in [0.15, 0.2) is 65.8 Å². The summed E-state index contributed by atoms with van der Waals surface area (Å²) in [5.74, 6) is -0.573. The Morgan fingerprint density at radius 1 is 1.10 bits per heavy atom. The van der Waals surface area contributed by atoms with Gasteiger partial charge in [0.05, 0.1) is 6.21 Å². The maximum Gasteiger partial charge on any atom is 0.276 e. The molecule has 0 radical (unpaired) electrons. The van der Waals surface area contributed by atoms with E-state index in [1.807, 2.05) is 36.4 Å². The molecule has 0 heterocycles. The minimum absolute atomic E-state index is 0.521. The van der Waals surface area contributed by atoms with Crippen molar-refractivity contribution in [3.8, 4) is 0 Å². The van der Waals surface area contributed by atoms with E-state index in [-0.39, 0.29) is 0 Å². The van der Waals surface area contributed by atoms with Crippen molar-refractivity contribution >= 4 is 12.1 Å². The van der Waals surface area contributed by atoms with Crippen LogP contribution in [0.5, 0.6) is 0 Å². The van der Waals surface area contributed by atoms with E-state index in [0.29, 0.717) is 5.56 Å². The summed E-state index contributed by atoms with van der Waals surface area (Å²) < 4.78 is 0. The van der Waals surface area contributed by atoms with Gasteiger partial charge < -0.3 is 5.11 Å². The van der Waals surface area contributed by atoms with E-state index in [1.54, 1.807) is 24.3 Å². The second-order valence-electron chi connectivity index (χ2n) is 4.55. The molecule has 102 valence electrons. The standard InChI is InChI=1S/C16H16N2O2/c1-16(20,14-10-6-3-7-11-14)15(19)18-17-12-13-8-4-2-5-9-13/h2-12,20H,1H3,(H,18,19)/b17-12-/t16-/m0/s1. The quantitative estimate of drug-likeness (QED) is 0.658. The third-order valence-corrected chi connectivity index (χ3v) is 2.96. The molecular weight excluding hydrogens is 252 g/mol. The first kappa shape index (κ1) is 14.0. The van der Waals surface area contributed by atoms with Crippen molar-refractivity contribution in [3.63, 3.8) is 0 Å². The molecule has 4 nitrogen and oxygen atoms in total. The first-order chi connectivity index (χ1) is 9.60. The maximum absolute atomic E-state index is 12.0. The molecule has 0 unspecified atom stereocenters. The lowest BCUT2D eigenvalue weighted by Gasteiger charge is -2.21. The van der Waals surface area contributed by atoms with Gasteiger partial charge in [0.25, 0.3) is 5.91 Å². The van der Waals surface area contributed by atoms with Gasteiger partial charge in [-0.25, -0.2) is 5.43 Å². The average Bonchev–Trinajstić information content (AvgIpc) is 2.49. The molecule has 0 aromatic heterocycles. The highest BCUT2D eigenvalue weighted by Gasteiger charge is 2.31. The summed E-state index contributed by atoms with van der Waals surface area (Å²) in [7, 11) is 0. The zero-order valence-corrected chi connectivity index (χ0v) is 11.2. The van der Waals surface area contributed by atoms with Crippen LogP contribution in [-0.2, 0) is 10.4 Å². The molecule has 0 spiro atoms. The fourth-order valence-corrected chi connectivity index (χ4v) is 1.71. The van der Waals surface area contributed by atoms with Crippen LogP contribution in [0.2, 0.25) is 0 Å². The number of hydrazone groups is 1. The Hall–Kier alpha value is -2.46. The number of nitrogens with zero attached hydrogens (tertiary/aromatic N) is 1. The number of hydrogen-bond acceptors (Lipinski definition) is 3. The Morgan fingerprint density at radius 2 is 1.65 bits per heavy atom. The summed E-state index contributed by atoms with van der Waals surface area (Å²) in [6, 6.07) is 18.1. The number of carbonyl (C=O) groups excluding carboxylic acids is 1. The van der Waals surface area contributed by atoms with Crippen LogP contribution in [0.4, 0.5) is 0 Å². The molecule has 2 aromatic rings. The summed E-state index contributed by atoms with van der Waals surface area (Å²) in [5.41, 5.74) is 2.12. The molecule has 0 aliphatic heterocycles. The van der Waals surface area contributed by atoms with Gasteiger partial charge in [-0.2, -0.15) is 5.10 Å². The van der Waals surface area contributed by atoms with Gasteiger partial charge >= 0.3 is 0 Å². The normalized spacial score (nSPS) is 13.9. The predicted molar refractivity (Wildman–Crippen MR) is 78.2 cm³/mol. The van der Waals surface area contributed by atoms with E-state index in [9.17, 15) is 9.90 Å². The molecule has 0 saturated heterocycles. The van der Waals surface area contributed by atoms with Crippen molar-refractivity contribution in [2.75, 3.05) is 0 Å². The van der Waals surface area contributed by atoms with Crippen molar-refractivity contribution in [1.29, 1.82) is 0 Å².